The van der Waals surface area contributed by atoms with E-state index in [4.69, 9.17) is 4.74 Å². The van der Waals surface area contributed by atoms with Crippen molar-refractivity contribution in [2.45, 2.75) is 51.0 Å². The van der Waals surface area contributed by atoms with Gasteiger partial charge in [-0.2, -0.15) is 0 Å². The van der Waals surface area contributed by atoms with Gasteiger partial charge in [-0.25, -0.2) is 0 Å². The summed E-state index contributed by atoms with van der Waals surface area (Å²) in [5, 5.41) is 12.3. The SMILES string of the molecule is CC1(NC(=O)C2CCCCC2C(=O)O)CCOCC1. The molecule has 5 nitrogen and oxygen atoms in total. The highest BCUT2D eigenvalue weighted by Gasteiger charge is 2.38. The molecule has 1 aliphatic heterocycles. The van der Waals surface area contributed by atoms with Crippen LogP contribution in [0.25, 0.3) is 0 Å². The monoisotopic (exact) mass is 269 g/mol. The Morgan fingerprint density at radius 2 is 1.74 bits per heavy atom. The number of hydrogen-bond donors (Lipinski definition) is 2. The summed E-state index contributed by atoms with van der Waals surface area (Å²) >= 11 is 0. The number of carbonyl (C=O) groups excluding carboxylic acids is 1. The molecule has 1 amide bonds. The van der Waals surface area contributed by atoms with Crippen molar-refractivity contribution in [1.29, 1.82) is 0 Å². The number of hydrogen-bond acceptors (Lipinski definition) is 3. The van der Waals surface area contributed by atoms with E-state index < -0.39 is 11.9 Å². The topological polar surface area (TPSA) is 75.6 Å². The minimum absolute atomic E-state index is 0.0866. The molecule has 2 aliphatic rings. The summed E-state index contributed by atoms with van der Waals surface area (Å²) in [7, 11) is 0. The third-order valence-electron chi connectivity index (χ3n) is 4.44. The zero-order valence-electron chi connectivity index (χ0n) is 11.5. The Labute approximate surface area is 113 Å². The van der Waals surface area contributed by atoms with Crippen LogP contribution < -0.4 is 5.32 Å². The molecule has 0 aromatic rings. The quantitative estimate of drug-likeness (QED) is 0.815. The van der Waals surface area contributed by atoms with Gasteiger partial charge in [-0.1, -0.05) is 12.8 Å². The zero-order valence-corrected chi connectivity index (χ0v) is 11.5. The molecule has 2 N–H and O–H groups in total. The summed E-state index contributed by atoms with van der Waals surface area (Å²) in [6.45, 7) is 3.33. The Kier molecular flexibility index (Phi) is 4.45. The van der Waals surface area contributed by atoms with Crippen molar-refractivity contribution in [3.8, 4) is 0 Å². The smallest absolute Gasteiger partial charge is 0.307 e. The second kappa shape index (κ2) is 5.90. The van der Waals surface area contributed by atoms with E-state index in [1.807, 2.05) is 6.92 Å². The molecule has 5 heteroatoms. The van der Waals surface area contributed by atoms with Gasteiger partial charge in [-0.3, -0.25) is 9.59 Å². The van der Waals surface area contributed by atoms with Crippen LogP contribution in [0.3, 0.4) is 0 Å². The number of carbonyl (C=O) groups is 2. The predicted molar refractivity (Wildman–Crippen MR) is 69.7 cm³/mol. The highest BCUT2D eigenvalue weighted by atomic mass is 16.5. The first-order valence-electron chi connectivity index (χ1n) is 7.14. The fraction of sp³-hybridized carbons (Fsp3) is 0.857. The summed E-state index contributed by atoms with van der Waals surface area (Å²) in [4.78, 5) is 23.6. The molecule has 2 fully saturated rings. The maximum atomic E-state index is 12.4. The number of amides is 1. The summed E-state index contributed by atoms with van der Waals surface area (Å²) < 4.78 is 5.31. The van der Waals surface area contributed by atoms with Crippen molar-refractivity contribution < 1.29 is 19.4 Å². The van der Waals surface area contributed by atoms with Gasteiger partial charge in [0.25, 0.3) is 0 Å². The molecule has 0 aromatic heterocycles. The molecule has 0 radical (unpaired) electrons. The Hall–Kier alpha value is -1.10. The first-order chi connectivity index (χ1) is 9.02. The molecular weight excluding hydrogens is 246 g/mol. The molecule has 19 heavy (non-hydrogen) atoms. The fourth-order valence-electron chi connectivity index (χ4n) is 3.08. The van der Waals surface area contributed by atoms with Crippen molar-refractivity contribution in [2.24, 2.45) is 11.8 Å². The highest BCUT2D eigenvalue weighted by molar-refractivity contribution is 5.85. The van der Waals surface area contributed by atoms with Gasteiger partial charge in [-0.05, 0) is 32.6 Å². The van der Waals surface area contributed by atoms with Gasteiger partial charge in [0.1, 0.15) is 0 Å². The molecule has 2 rings (SSSR count). The lowest BCUT2D eigenvalue weighted by Crippen LogP contribution is -2.53. The van der Waals surface area contributed by atoms with Gasteiger partial charge in [0.15, 0.2) is 0 Å². The molecule has 1 aliphatic carbocycles. The summed E-state index contributed by atoms with van der Waals surface area (Å²) in [5.74, 6) is -1.81. The zero-order chi connectivity index (χ0) is 13.9. The van der Waals surface area contributed by atoms with E-state index in [1.54, 1.807) is 0 Å². The van der Waals surface area contributed by atoms with Crippen molar-refractivity contribution in [3.05, 3.63) is 0 Å². The van der Waals surface area contributed by atoms with Crippen LogP contribution in [-0.2, 0) is 14.3 Å². The van der Waals surface area contributed by atoms with Crippen LogP contribution in [0.15, 0.2) is 0 Å². The number of carboxylic acid groups (broad SMARTS) is 1. The van der Waals surface area contributed by atoms with Gasteiger partial charge in [-0.15, -0.1) is 0 Å². The van der Waals surface area contributed by atoms with Gasteiger partial charge >= 0.3 is 5.97 Å². The Morgan fingerprint density at radius 1 is 1.16 bits per heavy atom. The van der Waals surface area contributed by atoms with Gasteiger partial charge in [0.2, 0.25) is 5.91 Å². The molecule has 2 atom stereocenters. The average Bonchev–Trinajstić information content (AvgIpc) is 2.39. The normalized spacial score (nSPS) is 30.6. The lowest BCUT2D eigenvalue weighted by atomic mass is 9.78. The number of rotatable bonds is 3. The Morgan fingerprint density at radius 3 is 2.32 bits per heavy atom. The third kappa shape index (κ3) is 3.47. The molecule has 2 unspecified atom stereocenters. The van der Waals surface area contributed by atoms with Crippen molar-refractivity contribution >= 4 is 11.9 Å². The van der Waals surface area contributed by atoms with E-state index in [1.165, 1.54) is 0 Å². The van der Waals surface area contributed by atoms with E-state index in [2.05, 4.69) is 5.32 Å². The maximum Gasteiger partial charge on any atom is 0.307 e. The van der Waals surface area contributed by atoms with Gasteiger partial charge in [0, 0.05) is 18.8 Å². The molecular formula is C14H23NO4. The molecule has 0 spiro atoms. The van der Waals surface area contributed by atoms with E-state index in [-0.39, 0.29) is 17.4 Å². The molecule has 1 saturated heterocycles. The van der Waals surface area contributed by atoms with Crippen molar-refractivity contribution in [3.63, 3.8) is 0 Å². The molecule has 1 saturated carbocycles. The van der Waals surface area contributed by atoms with E-state index >= 15 is 0 Å². The molecule has 0 bridgehead atoms. The Bertz CT molecular complexity index is 349. The predicted octanol–water partition coefficient (Wildman–Crippen LogP) is 1.56. The van der Waals surface area contributed by atoms with Gasteiger partial charge in [0.05, 0.1) is 11.8 Å². The average molecular weight is 269 g/mol. The number of carboxylic acids is 1. The molecule has 1 heterocycles. The van der Waals surface area contributed by atoms with Crippen LogP contribution in [-0.4, -0.2) is 35.7 Å². The standard InChI is InChI=1S/C14H23NO4/c1-14(6-8-19-9-7-14)15-12(16)10-4-2-3-5-11(10)13(17)18/h10-11H,2-9H2,1H3,(H,15,16)(H,17,18). The highest BCUT2D eigenvalue weighted by Crippen LogP contribution is 2.31. The lowest BCUT2D eigenvalue weighted by Gasteiger charge is -2.37. The number of nitrogens with one attached hydrogen (secondary N) is 1. The van der Waals surface area contributed by atoms with Crippen molar-refractivity contribution in [1.82, 2.24) is 5.32 Å². The van der Waals surface area contributed by atoms with Gasteiger partial charge < -0.3 is 15.2 Å². The largest absolute Gasteiger partial charge is 0.481 e. The maximum absolute atomic E-state index is 12.4. The third-order valence-corrected chi connectivity index (χ3v) is 4.44. The minimum Gasteiger partial charge on any atom is -0.481 e. The van der Waals surface area contributed by atoms with Crippen LogP contribution in [0, 0.1) is 11.8 Å². The van der Waals surface area contributed by atoms with Crippen molar-refractivity contribution in [2.75, 3.05) is 13.2 Å². The van der Waals surface area contributed by atoms with Crippen LogP contribution >= 0.6 is 0 Å². The summed E-state index contributed by atoms with van der Waals surface area (Å²) in [6.07, 6.45) is 4.75. The molecule has 108 valence electrons. The summed E-state index contributed by atoms with van der Waals surface area (Å²) in [5.41, 5.74) is -0.240. The number of ether oxygens (including phenoxy) is 1. The Balaban J connectivity index is 1.99. The van der Waals surface area contributed by atoms with E-state index in [9.17, 15) is 14.7 Å². The minimum atomic E-state index is -0.836. The lowest BCUT2D eigenvalue weighted by molar-refractivity contribution is -0.149. The van der Waals surface area contributed by atoms with Crippen LogP contribution in [0.2, 0.25) is 0 Å². The van der Waals surface area contributed by atoms with Crippen LogP contribution in [0.1, 0.15) is 45.4 Å². The first-order valence-corrected chi connectivity index (χ1v) is 7.14. The summed E-state index contributed by atoms with van der Waals surface area (Å²) in [6, 6.07) is 0. The van der Waals surface area contributed by atoms with Crippen LogP contribution in [0.4, 0.5) is 0 Å². The first kappa shape index (κ1) is 14.3. The molecule has 0 aromatic carbocycles. The second-order valence-corrected chi connectivity index (χ2v) is 6.00. The van der Waals surface area contributed by atoms with Crippen LogP contribution in [0.5, 0.6) is 0 Å². The fourth-order valence-corrected chi connectivity index (χ4v) is 3.08. The number of aliphatic carboxylic acids is 1. The van der Waals surface area contributed by atoms with E-state index in [0.717, 1.165) is 25.7 Å². The second-order valence-electron chi connectivity index (χ2n) is 6.00. The van der Waals surface area contributed by atoms with E-state index in [0.29, 0.717) is 26.1 Å².